The largest absolute Gasteiger partial charge is 0.478 e. The average molecular weight is 411 g/mol. The molecule has 2 N–H and O–H groups in total. The van der Waals surface area contributed by atoms with Crippen LogP contribution in [-0.4, -0.2) is 36.2 Å². The van der Waals surface area contributed by atoms with Gasteiger partial charge < -0.3 is 20.1 Å². The highest BCUT2D eigenvalue weighted by Crippen LogP contribution is 2.29. The molecule has 0 saturated carbocycles. The second-order valence-corrected chi connectivity index (χ2v) is 6.97. The highest BCUT2D eigenvalue weighted by Gasteiger charge is 2.30. The van der Waals surface area contributed by atoms with Crippen molar-refractivity contribution < 1.29 is 23.9 Å². The predicted molar refractivity (Wildman–Crippen MR) is 106 cm³/mol. The van der Waals surface area contributed by atoms with Gasteiger partial charge in [0.05, 0.1) is 29.6 Å². The van der Waals surface area contributed by atoms with Gasteiger partial charge in [0.1, 0.15) is 5.75 Å². The molecule has 0 saturated heterocycles. The SMILES string of the molecule is N#CCSc1ccccc1NC(=O)COC(=O)C[C@@H]1Oc2ccccc2NC1=O. The second-order valence-electron chi connectivity index (χ2n) is 5.95. The fourth-order valence-electron chi connectivity index (χ4n) is 2.58. The first-order valence-electron chi connectivity index (χ1n) is 8.67. The lowest BCUT2D eigenvalue weighted by Crippen LogP contribution is -2.39. The van der Waals surface area contributed by atoms with Crippen LogP contribution in [0.2, 0.25) is 0 Å². The third-order valence-corrected chi connectivity index (χ3v) is 4.82. The molecule has 29 heavy (non-hydrogen) atoms. The standard InChI is InChI=1S/C20H17N3O5S/c21-9-10-29-17-8-4-2-6-14(17)22-18(24)12-27-19(25)11-16-20(26)23-13-5-1-3-7-15(13)28-16/h1-8,16H,10-12H2,(H,22,24)(H,23,26)/t16-/m0/s1. The molecule has 0 aromatic heterocycles. The smallest absolute Gasteiger partial charge is 0.310 e. The predicted octanol–water partition coefficient (Wildman–Crippen LogP) is 2.57. The minimum Gasteiger partial charge on any atom is -0.478 e. The molecule has 1 aliphatic heterocycles. The Labute approximate surface area is 171 Å². The molecule has 2 aromatic carbocycles. The van der Waals surface area contributed by atoms with Crippen molar-refractivity contribution in [2.75, 3.05) is 23.0 Å². The zero-order chi connectivity index (χ0) is 20.6. The van der Waals surface area contributed by atoms with Crippen molar-refractivity contribution in [3.8, 4) is 11.8 Å². The first-order valence-corrected chi connectivity index (χ1v) is 9.66. The van der Waals surface area contributed by atoms with Crippen LogP contribution in [-0.2, 0) is 19.1 Å². The van der Waals surface area contributed by atoms with Crippen LogP contribution in [0.4, 0.5) is 11.4 Å². The maximum Gasteiger partial charge on any atom is 0.310 e. The summed E-state index contributed by atoms with van der Waals surface area (Å²) in [5, 5.41) is 14.0. The number of esters is 1. The Hall–Kier alpha value is -3.51. The van der Waals surface area contributed by atoms with Crippen LogP contribution in [0.3, 0.4) is 0 Å². The summed E-state index contributed by atoms with van der Waals surface area (Å²) in [7, 11) is 0. The van der Waals surface area contributed by atoms with Gasteiger partial charge in [-0.1, -0.05) is 24.3 Å². The van der Waals surface area contributed by atoms with Gasteiger partial charge in [0, 0.05) is 4.90 Å². The maximum absolute atomic E-state index is 12.1. The Morgan fingerprint density at radius 1 is 1.21 bits per heavy atom. The van der Waals surface area contributed by atoms with Crippen LogP contribution in [0.25, 0.3) is 0 Å². The summed E-state index contributed by atoms with van der Waals surface area (Å²) in [5.74, 6) is -0.994. The van der Waals surface area contributed by atoms with E-state index >= 15 is 0 Å². The van der Waals surface area contributed by atoms with Gasteiger partial charge in [-0.15, -0.1) is 11.8 Å². The first-order chi connectivity index (χ1) is 14.1. The zero-order valence-electron chi connectivity index (χ0n) is 15.2. The molecule has 2 aromatic rings. The number of nitrogens with one attached hydrogen (secondary N) is 2. The molecule has 0 spiro atoms. The van der Waals surface area contributed by atoms with Gasteiger partial charge in [0.2, 0.25) is 0 Å². The van der Waals surface area contributed by atoms with E-state index < -0.39 is 30.5 Å². The highest BCUT2D eigenvalue weighted by molar-refractivity contribution is 7.99. The van der Waals surface area contributed by atoms with Gasteiger partial charge in [-0.2, -0.15) is 5.26 Å². The molecule has 0 aliphatic carbocycles. The molecule has 0 radical (unpaired) electrons. The second kappa shape index (κ2) is 9.61. The number of carbonyl (C=O) groups is 3. The first kappa shape index (κ1) is 20.2. The highest BCUT2D eigenvalue weighted by atomic mass is 32.2. The molecule has 0 bridgehead atoms. The summed E-state index contributed by atoms with van der Waals surface area (Å²) in [6, 6.07) is 15.9. The number of fused-ring (bicyclic) bond motifs is 1. The van der Waals surface area contributed by atoms with Crippen LogP contribution in [0.15, 0.2) is 53.4 Å². The number of carbonyl (C=O) groups excluding carboxylic acids is 3. The normalized spacial score (nSPS) is 14.6. The van der Waals surface area contributed by atoms with Crippen molar-refractivity contribution in [3.05, 3.63) is 48.5 Å². The minimum atomic E-state index is -1.02. The number of rotatable bonds is 7. The number of benzene rings is 2. The molecule has 8 nitrogen and oxygen atoms in total. The molecule has 1 heterocycles. The Bertz CT molecular complexity index is 973. The van der Waals surface area contributed by atoms with Crippen molar-refractivity contribution in [1.82, 2.24) is 0 Å². The van der Waals surface area contributed by atoms with Crippen molar-refractivity contribution in [2.45, 2.75) is 17.4 Å². The summed E-state index contributed by atoms with van der Waals surface area (Å²) < 4.78 is 10.5. The number of para-hydroxylation sites is 3. The number of nitriles is 1. The molecule has 1 aliphatic rings. The third-order valence-electron chi connectivity index (χ3n) is 3.88. The van der Waals surface area contributed by atoms with E-state index in [1.54, 1.807) is 48.5 Å². The molecule has 9 heteroatoms. The van der Waals surface area contributed by atoms with Crippen LogP contribution >= 0.6 is 11.8 Å². The summed E-state index contributed by atoms with van der Waals surface area (Å²) >= 11 is 1.29. The number of thioether (sulfide) groups is 1. The van der Waals surface area contributed by atoms with Crippen molar-refractivity contribution in [3.63, 3.8) is 0 Å². The zero-order valence-corrected chi connectivity index (χ0v) is 16.0. The molecule has 2 amide bonds. The fraction of sp³-hybridized carbons (Fsp3) is 0.200. The van der Waals surface area contributed by atoms with E-state index in [0.29, 0.717) is 17.1 Å². The van der Waals surface area contributed by atoms with E-state index in [-0.39, 0.29) is 12.2 Å². The van der Waals surface area contributed by atoms with Crippen LogP contribution in [0.1, 0.15) is 6.42 Å². The minimum absolute atomic E-state index is 0.244. The summed E-state index contributed by atoms with van der Waals surface area (Å²) in [4.78, 5) is 36.9. The molecule has 0 unspecified atom stereocenters. The fourth-order valence-corrected chi connectivity index (χ4v) is 3.24. The lowest BCUT2D eigenvalue weighted by Gasteiger charge is -2.25. The summed E-state index contributed by atoms with van der Waals surface area (Å²) in [6.45, 7) is -0.499. The number of nitrogens with zero attached hydrogens (tertiary/aromatic N) is 1. The van der Waals surface area contributed by atoms with Gasteiger partial charge in [0.15, 0.2) is 12.7 Å². The van der Waals surface area contributed by atoms with Gasteiger partial charge in [0.25, 0.3) is 11.8 Å². The van der Waals surface area contributed by atoms with Gasteiger partial charge >= 0.3 is 5.97 Å². The Kier molecular flexibility index (Phi) is 6.71. The van der Waals surface area contributed by atoms with Crippen molar-refractivity contribution in [1.29, 1.82) is 5.26 Å². The van der Waals surface area contributed by atoms with Crippen LogP contribution in [0.5, 0.6) is 5.75 Å². The van der Waals surface area contributed by atoms with E-state index in [0.717, 1.165) is 4.90 Å². The van der Waals surface area contributed by atoms with Crippen molar-refractivity contribution in [2.24, 2.45) is 0 Å². The quantitative estimate of drug-likeness (QED) is 0.531. The number of ether oxygens (including phenoxy) is 2. The van der Waals surface area contributed by atoms with Crippen LogP contribution in [0, 0.1) is 11.3 Å². The Morgan fingerprint density at radius 2 is 1.97 bits per heavy atom. The van der Waals surface area contributed by atoms with Crippen LogP contribution < -0.4 is 15.4 Å². The number of hydrogen-bond acceptors (Lipinski definition) is 7. The van der Waals surface area contributed by atoms with Crippen molar-refractivity contribution >= 4 is 40.9 Å². The average Bonchev–Trinajstić information content (AvgIpc) is 2.72. The Morgan fingerprint density at radius 3 is 2.79 bits per heavy atom. The van der Waals surface area contributed by atoms with Gasteiger partial charge in [-0.3, -0.25) is 14.4 Å². The van der Waals surface area contributed by atoms with Gasteiger partial charge in [-0.25, -0.2) is 0 Å². The number of amides is 2. The summed E-state index contributed by atoms with van der Waals surface area (Å²) in [5.41, 5.74) is 1.06. The lowest BCUT2D eigenvalue weighted by atomic mass is 10.1. The molecule has 3 rings (SSSR count). The molecular weight excluding hydrogens is 394 g/mol. The summed E-state index contributed by atoms with van der Waals surface area (Å²) in [6.07, 6.45) is -1.34. The van der Waals surface area contributed by atoms with E-state index in [1.165, 1.54) is 11.8 Å². The number of anilines is 2. The van der Waals surface area contributed by atoms with E-state index in [2.05, 4.69) is 10.6 Å². The topological polar surface area (TPSA) is 118 Å². The van der Waals surface area contributed by atoms with E-state index in [9.17, 15) is 14.4 Å². The lowest BCUT2D eigenvalue weighted by molar-refractivity contribution is -0.150. The van der Waals surface area contributed by atoms with E-state index in [1.807, 2.05) is 6.07 Å². The molecule has 148 valence electrons. The molecular formula is C20H17N3O5S. The third kappa shape index (κ3) is 5.49. The monoisotopic (exact) mass is 411 g/mol. The van der Waals surface area contributed by atoms with E-state index in [4.69, 9.17) is 14.7 Å². The Balaban J connectivity index is 1.49. The number of hydrogen-bond donors (Lipinski definition) is 2. The molecule has 1 atom stereocenters. The van der Waals surface area contributed by atoms with Gasteiger partial charge in [-0.05, 0) is 24.3 Å². The maximum atomic E-state index is 12.1. The molecule has 0 fully saturated rings.